The van der Waals surface area contributed by atoms with Gasteiger partial charge in [0.15, 0.2) is 6.23 Å². The van der Waals surface area contributed by atoms with Crippen LogP contribution in [0.4, 0.5) is 0 Å². The molecule has 340 valence electrons. The molecule has 0 spiro atoms. The molecule has 11 heteroatoms. The number of nitrogens with one attached hydrogen (secondary N) is 2. The molecule has 7 atom stereocenters. The fourth-order valence-electron chi connectivity index (χ4n) is 7.80. The Morgan fingerprint density at radius 1 is 0.672 bits per heavy atom. The van der Waals surface area contributed by atoms with Gasteiger partial charge in [0, 0.05) is 13.0 Å². The van der Waals surface area contributed by atoms with E-state index in [2.05, 4.69) is 36.6 Å². The molecule has 0 aromatic rings. The van der Waals surface area contributed by atoms with Gasteiger partial charge in [-0.2, -0.15) is 0 Å². The summed E-state index contributed by atoms with van der Waals surface area (Å²) < 4.78 is 6.20. The quantitative estimate of drug-likeness (QED) is 0.0270. The van der Waals surface area contributed by atoms with Gasteiger partial charge in [0.25, 0.3) is 0 Å². The fraction of sp³-hybridized carbons (Fsp3) is 0.894. The highest BCUT2D eigenvalue weighted by molar-refractivity contribution is 5.89. The summed E-state index contributed by atoms with van der Waals surface area (Å²) in [7, 11) is 0. The van der Waals surface area contributed by atoms with Crippen LogP contribution in [0.3, 0.4) is 0 Å². The molecule has 7 N–H and O–H groups in total. The van der Waals surface area contributed by atoms with Crippen LogP contribution in [-0.2, 0) is 19.1 Å². The molecule has 0 aromatic carbocycles. The van der Waals surface area contributed by atoms with Crippen LogP contribution in [0, 0.1) is 5.92 Å². The van der Waals surface area contributed by atoms with Crippen molar-refractivity contribution in [1.29, 1.82) is 0 Å². The first-order valence-corrected chi connectivity index (χ1v) is 23.9. The van der Waals surface area contributed by atoms with Crippen molar-refractivity contribution in [1.82, 2.24) is 15.5 Å². The van der Waals surface area contributed by atoms with E-state index in [1.54, 1.807) is 4.90 Å². The van der Waals surface area contributed by atoms with Crippen molar-refractivity contribution in [3.8, 4) is 0 Å². The fourth-order valence-corrected chi connectivity index (χ4v) is 7.80. The van der Waals surface area contributed by atoms with Crippen LogP contribution in [0.25, 0.3) is 0 Å². The second kappa shape index (κ2) is 34.6. The highest BCUT2D eigenvalue weighted by Gasteiger charge is 2.48. The maximum atomic E-state index is 14.1. The second-order valence-corrected chi connectivity index (χ2v) is 17.6. The SMILES string of the molecule is CCCCCCCC/C=C\CCCCCCCC(=O)N(CCCCCCCCCCCCCC)[C@@H]1O[C@H](CO)[C@@H](O)[C@H](O)[C@H]1NC(=O)[C@H](CC(C)C)NC(=O)[C@H](C)N. The van der Waals surface area contributed by atoms with Gasteiger partial charge in [-0.3, -0.25) is 14.4 Å². The Bertz CT molecular complexity index is 1070. The van der Waals surface area contributed by atoms with E-state index in [0.29, 0.717) is 25.8 Å². The van der Waals surface area contributed by atoms with Crippen LogP contribution < -0.4 is 16.4 Å². The van der Waals surface area contributed by atoms with Gasteiger partial charge < -0.3 is 41.3 Å². The predicted molar refractivity (Wildman–Crippen MR) is 237 cm³/mol. The maximum Gasteiger partial charge on any atom is 0.243 e. The molecule has 3 amide bonds. The summed E-state index contributed by atoms with van der Waals surface area (Å²) >= 11 is 0. The molecule has 1 rings (SSSR count). The van der Waals surface area contributed by atoms with E-state index in [4.69, 9.17) is 10.5 Å². The highest BCUT2D eigenvalue weighted by atomic mass is 16.5. The number of hydrogen-bond donors (Lipinski definition) is 6. The van der Waals surface area contributed by atoms with E-state index in [1.807, 2.05) is 13.8 Å². The Kier molecular flexibility index (Phi) is 32.2. The number of rotatable bonds is 36. The maximum absolute atomic E-state index is 14.1. The molecule has 1 aliphatic heterocycles. The normalized spacial score (nSPS) is 20.7. The van der Waals surface area contributed by atoms with Gasteiger partial charge in [-0.15, -0.1) is 0 Å². The van der Waals surface area contributed by atoms with Crippen molar-refractivity contribution in [2.45, 2.75) is 251 Å². The topological polar surface area (TPSA) is 174 Å². The lowest BCUT2D eigenvalue weighted by Crippen LogP contribution is -2.70. The number of nitrogens with two attached hydrogens (primary N) is 1. The van der Waals surface area contributed by atoms with Gasteiger partial charge in [-0.1, -0.05) is 162 Å². The van der Waals surface area contributed by atoms with Crippen LogP contribution in [0.2, 0.25) is 0 Å². The van der Waals surface area contributed by atoms with Gasteiger partial charge in [-0.05, 0) is 57.8 Å². The molecule has 0 radical (unpaired) electrons. The van der Waals surface area contributed by atoms with E-state index in [9.17, 15) is 29.7 Å². The number of nitrogens with zero attached hydrogens (tertiary/aromatic N) is 1. The van der Waals surface area contributed by atoms with Crippen molar-refractivity contribution in [2.75, 3.05) is 13.2 Å². The van der Waals surface area contributed by atoms with Crippen LogP contribution in [-0.4, -0.2) is 93.8 Å². The number of allylic oxidation sites excluding steroid dienone is 2. The first-order chi connectivity index (χ1) is 28.0. The van der Waals surface area contributed by atoms with E-state index < -0.39 is 61.1 Å². The molecule has 0 unspecified atom stereocenters. The molecule has 1 heterocycles. The Balaban J connectivity index is 2.92. The third kappa shape index (κ3) is 24.3. The summed E-state index contributed by atoms with van der Waals surface area (Å²) in [5, 5.41) is 38.0. The van der Waals surface area contributed by atoms with Gasteiger partial charge in [0.2, 0.25) is 17.7 Å². The second-order valence-electron chi connectivity index (χ2n) is 17.6. The molecule has 1 saturated heterocycles. The third-order valence-electron chi connectivity index (χ3n) is 11.5. The standard InChI is InChI=1S/C47H90N4O7/c1-6-8-10-12-14-16-18-20-21-22-23-25-27-29-31-33-41(53)51(34-32-30-28-26-24-19-17-15-13-11-9-7-2)47-42(44(55)43(54)40(36-52)58-47)50-46(57)39(35-37(3)4)49-45(56)38(5)48/h20-21,37-40,42-44,47,52,54-55H,6-19,22-36,48H2,1-5H3,(H,49,56)(H,50,57)/b21-20-/t38-,39-,40+,42+,43+,44+,47+/m0/s1. The number of aliphatic hydroxyl groups is 3. The van der Waals surface area contributed by atoms with Crippen LogP contribution in [0.1, 0.15) is 208 Å². The minimum atomic E-state index is -1.53. The molecule has 1 aliphatic rings. The summed E-state index contributed by atoms with van der Waals surface area (Å²) in [6, 6.07) is -2.97. The molecule has 0 bridgehead atoms. The summed E-state index contributed by atoms with van der Waals surface area (Å²) in [5.74, 6) is -1.15. The number of aliphatic hydroxyl groups excluding tert-OH is 3. The summed E-state index contributed by atoms with van der Waals surface area (Å²) in [4.78, 5) is 42.0. The zero-order valence-corrected chi connectivity index (χ0v) is 37.8. The van der Waals surface area contributed by atoms with E-state index in [0.717, 1.165) is 64.2 Å². The largest absolute Gasteiger partial charge is 0.394 e. The lowest BCUT2D eigenvalue weighted by Gasteiger charge is -2.47. The van der Waals surface area contributed by atoms with Crippen molar-refractivity contribution in [3.05, 3.63) is 12.2 Å². The predicted octanol–water partition coefficient (Wildman–Crippen LogP) is 8.36. The summed E-state index contributed by atoms with van der Waals surface area (Å²) in [5.41, 5.74) is 5.79. The highest BCUT2D eigenvalue weighted by Crippen LogP contribution is 2.26. The smallest absolute Gasteiger partial charge is 0.243 e. The Morgan fingerprint density at radius 2 is 1.14 bits per heavy atom. The van der Waals surface area contributed by atoms with Crippen molar-refractivity contribution >= 4 is 17.7 Å². The van der Waals surface area contributed by atoms with Gasteiger partial charge in [-0.25, -0.2) is 0 Å². The minimum Gasteiger partial charge on any atom is -0.394 e. The van der Waals surface area contributed by atoms with Crippen molar-refractivity contribution in [3.63, 3.8) is 0 Å². The minimum absolute atomic E-state index is 0.0482. The summed E-state index contributed by atoms with van der Waals surface area (Å²) in [6.07, 6.45) is 29.1. The van der Waals surface area contributed by atoms with E-state index >= 15 is 0 Å². The van der Waals surface area contributed by atoms with Gasteiger partial charge in [0.05, 0.1) is 12.6 Å². The number of amides is 3. The lowest BCUT2D eigenvalue weighted by atomic mass is 9.93. The molecule has 0 aromatic heterocycles. The van der Waals surface area contributed by atoms with Gasteiger partial charge in [0.1, 0.15) is 30.4 Å². The van der Waals surface area contributed by atoms with Crippen molar-refractivity contribution in [2.24, 2.45) is 11.7 Å². The summed E-state index contributed by atoms with van der Waals surface area (Å²) in [6.45, 7) is 9.68. The number of ether oxygens (including phenoxy) is 1. The molecule has 1 fully saturated rings. The van der Waals surface area contributed by atoms with Gasteiger partial charge >= 0.3 is 0 Å². The molecular formula is C47H90N4O7. The Morgan fingerprint density at radius 3 is 1.60 bits per heavy atom. The third-order valence-corrected chi connectivity index (χ3v) is 11.5. The van der Waals surface area contributed by atoms with Crippen LogP contribution in [0.5, 0.6) is 0 Å². The molecule has 0 saturated carbocycles. The Hall–Kier alpha value is -2.05. The molecule has 58 heavy (non-hydrogen) atoms. The number of unbranched alkanes of at least 4 members (excludes halogenated alkanes) is 22. The number of hydrogen-bond acceptors (Lipinski definition) is 8. The Labute approximate surface area is 354 Å². The number of carbonyl (C=O) groups excluding carboxylic acids is 3. The zero-order chi connectivity index (χ0) is 43.0. The molecule has 0 aliphatic carbocycles. The average molecular weight is 823 g/mol. The van der Waals surface area contributed by atoms with Crippen LogP contribution in [0.15, 0.2) is 12.2 Å². The molecular weight excluding hydrogens is 733 g/mol. The lowest BCUT2D eigenvalue weighted by molar-refractivity contribution is -0.231. The first kappa shape index (κ1) is 54.0. The van der Waals surface area contributed by atoms with Crippen molar-refractivity contribution < 1.29 is 34.4 Å². The van der Waals surface area contributed by atoms with E-state index in [1.165, 1.54) is 96.8 Å². The number of carbonyl (C=O) groups is 3. The zero-order valence-electron chi connectivity index (χ0n) is 37.8. The van der Waals surface area contributed by atoms with E-state index in [-0.39, 0.29) is 11.8 Å². The monoisotopic (exact) mass is 823 g/mol. The average Bonchev–Trinajstić information content (AvgIpc) is 3.19. The van der Waals surface area contributed by atoms with Crippen LogP contribution >= 0.6 is 0 Å². The molecule has 11 nitrogen and oxygen atoms in total. The first-order valence-electron chi connectivity index (χ1n) is 23.9.